The highest BCUT2D eigenvalue weighted by Crippen LogP contribution is 2.31. The van der Waals surface area contributed by atoms with E-state index in [-0.39, 0.29) is 22.0 Å². The summed E-state index contributed by atoms with van der Waals surface area (Å²) in [6.45, 7) is 0. The number of pyridine rings is 1. The van der Waals surface area contributed by atoms with E-state index in [2.05, 4.69) is 20.2 Å². The lowest BCUT2D eigenvalue weighted by molar-refractivity contribution is -0.385. The second kappa shape index (κ2) is 9.01. The van der Waals surface area contributed by atoms with Crippen molar-refractivity contribution in [2.24, 2.45) is 5.10 Å². The van der Waals surface area contributed by atoms with E-state index in [9.17, 15) is 18.5 Å². The molecule has 1 aromatic heterocycles. The van der Waals surface area contributed by atoms with Gasteiger partial charge >= 0.3 is 0 Å². The molecule has 0 aliphatic rings. The van der Waals surface area contributed by atoms with Gasteiger partial charge in [0.1, 0.15) is 10.6 Å². The van der Waals surface area contributed by atoms with Crippen molar-refractivity contribution in [1.29, 1.82) is 0 Å². The van der Waals surface area contributed by atoms with Crippen molar-refractivity contribution >= 4 is 33.3 Å². The number of anilines is 2. The number of nitro benzene ring substituents is 1. The molecule has 0 aliphatic heterocycles. The van der Waals surface area contributed by atoms with Crippen molar-refractivity contribution in [1.82, 2.24) is 4.98 Å². The predicted molar refractivity (Wildman–Crippen MR) is 112 cm³/mol. The first-order valence-corrected chi connectivity index (χ1v) is 10.0. The van der Waals surface area contributed by atoms with E-state index < -0.39 is 14.9 Å². The number of benzene rings is 2. The molecule has 154 valence electrons. The number of methoxy groups -OCH3 is 1. The lowest BCUT2D eigenvalue weighted by Crippen LogP contribution is -2.15. The standard InChI is InChI=1S/C19H17N5O5S/c1-29-18-5-3-2-4-16(18)23-30(27,28)19-12-15(24(25)26)6-7-17(19)22-21-13-14-8-10-20-11-9-14/h2-13,22-23H,1H3/b21-13+. The molecule has 0 saturated heterocycles. The van der Waals surface area contributed by atoms with E-state index in [0.29, 0.717) is 5.75 Å². The minimum Gasteiger partial charge on any atom is -0.495 e. The molecule has 10 nitrogen and oxygen atoms in total. The highest BCUT2D eigenvalue weighted by molar-refractivity contribution is 7.93. The van der Waals surface area contributed by atoms with Crippen molar-refractivity contribution in [2.45, 2.75) is 4.90 Å². The van der Waals surface area contributed by atoms with Crippen LogP contribution in [0, 0.1) is 10.1 Å². The molecular formula is C19H17N5O5S. The number of aromatic nitrogens is 1. The quantitative estimate of drug-likeness (QED) is 0.320. The van der Waals surface area contributed by atoms with Crippen LogP contribution in [0.5, 0.6) is 5.75 Å². The first-order chi connectivity index (χ1) is 14.4. The zero-order valence-electron chi connectivity index (χ0n) is 15.7. The van der Waals surface area contributed by atoms with Crippen LogP contribution in [0.4, 0.5) is 17.1 Å². The summed E-state index contributed by atoms with van der Waals surface area (Å²) in [5.41, 5.74) is 3.24. The van der Waals surface area contributed by atoms with Crippen LogP contribution in [0.25, 0.3) is 0 Å². The molecular weight excluding hydrogens is 410 g/mol. The Morgan fingerprint density at radius 2 is 1.83 bits per heavy atom. The van der Waals surface area contributed by atoms with Gasteiger partial charge in [0.05, 0.1) is 29.6 Å². The van der Waals surface area contributed by atoms with Gasteiger partial charge in [0.15, 0.2) is 0 Å². The second-order valence-electron chi connectivity index (χ2n) is 5.89. The van der Waals surface area contributed by atoms with Gasteiger partial charge in [-0.05, 0) is 35.9 Å². The van der Waals surface area contributed by atoms with Crippen LogP contribution in [-0.2, 0) is 10.0 Å². The van der Waals surface area contributed by atoms with E-state index in [1.807, 2.05) is 0 Å². The Kier molecular flexibility index (Phi) is 6.23. The van der Waals surface area contributed by atoms with Gasteiger partial charge in [0, 0.05) is 24.5 Å². The van der Waals surface area contributed by atoms with Crippen LogP contribution >= 0.6 is 0 Å². The Morgan fingerprint density at radius 1 is 1.10 bits per heavy atom. The smallest absolute Gasteiger partial charge is 0.270 e. The lowest BCUT2D eigenvalue weighted by atomic mass is 10.3. The van der Waals surface area contributed by atoms with Crippen molar-refractivity contribution in [3.8, 4) is 5.75 Å². The first kappa shape index (κ1) is 20.7. The maximum atomic E-state index is 13.0. The number of hydrogen-bond acceptors (Lipinski definition) is 8. The van der Waals surface area contributed by atoms with Gasteiger partial charge in [0.25, 0.3) is 15.7 Å². The third kappa shape index (κ3) is 4.89. The zero-order valence-corrected chi connectivity index (χ0v) is 16.5. The van der Waals surface area contributed by atoms with Gasteiger partial charge in [-0.25, -0.2) is 8.42 Å². The highest BCUT2D eigenvalue weighted by atomic mass is 32.2. The molecule has 0 unspecified atom stereocenters. The third-order valence-corrected chi connectivity index (χ3v) is 5.33. The number of nitro groups is 1. The fourth-order valence-electron chi connectivity index (χ4n) is 2.49. The molecule has 30 heavy (non-hydrogen) atoms. The molecule has 3 rings (SSSR count). The SMILES string of the molecule is COc1ccccc1NS(=O)(=O)c1cc([N+](=O)[O-])ccc1N/N=C/c1ccncc1. The fourth-order valence-corrected chi connectivity index (χ4v) is 3.74. The summed E-state index contributed by atoms with van der Waals surface area (Å²) >= 11 is 0. The van der Waals surface area contributed by atoms with Crippen molar-refractivity contribution in [2.75, 3.05) is 17.3 Å². The molecule has 0 bridgehead atoms. The van der Waals surface area contributed by atoms with Gasteiger partial charge in [-0.3, -0.25) is 25.2 Å². The van der Waals surface area contributed by atoms with Crippen LogP contribution in [0.3, 0.4) is 0 Å². The van der Waals surface area contributed by atoms with Crippen LogP contribution in [0.15, 0.2) is 77.0 Å². The van der Waals surface area contributed by atoms with Crippen molar-refractivity contribution < 1.29 is 18.1 Å². The van der Waals surface area contributed by atoms with Crippen LogP contribution in [0.2, 0.25) is 0 Å². The fraction of sp³-hybridized carbons (Fsp3) is 0.0526. The average Bonchev–Trinajstić information content (AvgIpc) is 2.74. The van der Waals surface area contributed by atoms with E-state index in [1.54, 1.807) is 42.7 Å². The summed E-state index contributed by atoms with van der Waals surface area (Å²) < 4.78 is 33.6. The topological polar surface area (TPSA) is 136 Å². The van der Waals surface area contributed by atoms with Gasteiger partial charge in [-0.2, -0.15) is 5.10 Å². The Hall–Kier alpha value is -3.99. The molecule has 0 atom stereocenters. The summed E-state index contributed by atoms with van der Waals surface area (Å²) in [7, 11) is -2.80. The summed E-state index contributed by atoms with van der Waals surface area (Å²) in [5, 5.41) is 15.2. The van der Waals surface area contributed by atoms with E-state index in [4.69, 9.17) is 4.74 Å². The molecule has 0 aliphatic carbocycles. The molecule has 0 amide bonds. The number of para-hydroxylation sites is 2. The first-order valence-electron chi connectivity index (χ1n) is 8.54. The van der Waals surface area contributed by atoms with E-state index >= 15 is 0 Å². The Bertz CT molecular complexity index is 1180. The highest BCUT2D eigenvalue weighted by Gasteiger charge is 2.23. The van der Waals surface area contributed by atoms with E-state index in [1.165, 1.54) is 31.5 Å². The number of hydrogen-bond donors (Lipinski definition) is 2. The lowest BCUT2D eigenvalue weighted by Gasteiger charge is -2.14. The predicted octanol–water partition coefficient (Wildman–Crippen LogP) is 3.25. The zero-order chi connectivity index (χ0) is 21.6. The van der Waals surface area contributed by atoms with Crippen LogP contribution in [-0.4, -0.2) is 31.6 Å². The Labute approximate surface area is 172 Å². The van der Waals surface area contributed by atoms with E-state index in [0.717, 1.165) is 11.6 Å². The minimum absolute atomic E-state index is 0.0632. The number of rotatable bonds is 8. The molecule has 0 fully saturated rings. The molecule has 0 spiro atoms. The van der Waals surface area contributed by atoms with Crippen molar-refractivity contribution in [3.05, 3.63) is 82.7 Å². The number of ether oxygens (including phenoxy) is 1. The van der Waals surface area contributed by atoms with Crippen molar-refractivity contribution in [3.63, 3.8) is 0 Å². The average molecular weight is 427 g/mol. The molecule has 11 heteroatoms. The monoisotopic (exact) mass is 427 g/mol. The minimum atomic E-state index is -4.21. The van der Waals surface area contributed by atoms with Gasteiger partial charge in [-0.1, -0.05) is 12.1 Å². The molecule has 2 N–H and O–H groups in total. The second-order valence-corrected chi connectivity index (χ2v) is 7.54. The number of nitrogens with one attached hydrogen (secondary N) is 2. The number of hydrazone groups is 1. The molecule has 1 heterocycles. The Morgan fingerprint density at radius 3 is 2.53 bits per heavy atom. The largest absolute Gasteiger partial charge is 0.495 e. The third-order valence-electron chi connectivity index (χ3n) is 3.92. The summed E-state index contributed by atoms with van der Waals surface area (Å²) in [5.74, 6) is 0.303. The Balaban J connectivity index is 1.97. The van der Waals surface area contributed by atoms with Gasteiger partial charge in [-0.15, -0.1) is 0 Å². The normalized spacial score (nSPS) is 11.2. The van der Waals surface area contributed by atoms with Gasteiger partial charge in [0.2, 0.25) is 0 Å². The summed E-state index contributed by atoms with van der Waals surface area (Å²) in [4.78, 5) is 14.0. The molecule has 2 aromatic carbocycles. The maximum absolute atomic E-state index is 13.0. The number of non-ortho nitro benzene ring substituents is 1. The number of sulfonamides is 1. The van der Waals surface area contributed by atoms with Crippen LogP contribution in [0.1, 0.15) is 5.56 Å². The molecule has 0 saturated carbocycles. The van der Waals surface area contributed by atoms with Crippen LogP contribution < -0.4 is 14.9 Å². The van der Waals surface area contributed by atoms with Gasteiger partial charge < -0.3 is 4.74 Å². The number of nitrogens with zero attached hydrogens (tertiary/aromatic N) is 3. The summed E-state index contributed by atoms with van der Waals surface area (Å²) in [6, 6.07) is 13.3. The summed E-state index contributed by atoms with van der Waals surface area (Å²) in [6.07, 6.45) is 4.63. The maximum Gasteiger partial charge on any atom is 0.270 e. The molecule has 3 aromatic rings. The molecule has 0 radical (unpaired) electrons.